The number of hydrogen-bond donors (Lipinski definition) is 1. The quantitative estimate of drug-likeness (QED) is 0.622. The molecule has 0 radical (unpaired) electrons. The molecule has 5 rings (SSSR count). The van der Waals surface area contributed by atoms with Crippen LogP contribution in [0.5, 0.6) is 0 Å². The van der Waals surface area contributed by atoms with Gasteiger partial charge in [-0.25, -0.2) is 0 Å². The van der Waals surface area contributed by atoms with Gasteiger partial charge in [0, 0.05) is 41.7 Å². The highest BCUT2D eigenvalue weighted by Gasteiger charge is 2.40. The van der Waals surface area contributed by atoms with E-state index in [1.165, 1.54) is 0 Å². The minimum absolute atomic E-state index is 0.0112. The molecule has 31 heavy (non-hydrogen) atoms. The maximum Gasteiger partial charge on any atom is 0.240 e. The maximum atomic E-state index is 13.1. The lowest BCUT2D eigenvalue weighted by molar-refractivity contribution is -0.122. The zero-order valence-corrected chi connectivity index (χ0v) is 18.3. The van der Waals surface area contributed by atoms with E-state index in [0.29, 0.717) is 17.3 Å². The summed E-state index contributed by atoms with van der Waals surface area (Å²) < 4.78 is 7.50. The summed E-state index contributed by atoms with van der Waals surface area (Å²) in [6.45, 7) is 4.20. The van der Waals surface area contributed by atoms with Gasteiger partial charge in [-0.2, -0.15) is 11.8 Å². The fraction of sp³-hybridized carbons (Fsp3) is 0.417. The van der Waals surface area contributed by atoms with Gasteiger partial charge < -0.3 is 14.6 Å². The summed E-state index contributed by atoms with van der Waals surface area (Å²) in [6.07, 6.45) is 1.09. The van der Waals surface area contributed by atoms with Crippen molar-refractivity contribution in [1.29, 1.82) is 0 Å². The van der Waals surface area contributed by atoms with Crippen LogP contribution < -0.4 is 10.7 Å². The SMILES string of the molecule is O=C(Cn1c2ccccc2c(=O)c2ccccc21)NCC1(N2CCOCC2)CCSC1. The number of nitrogens with one attached hydrogen (secondary N) is 1. The summed E-state index contributed by atoms with van der Waals surface area (Å²) in [4.78, 5) is 28.5. The third kappa shape index (κ3) is 3.86. The lowest BCUT2D eigenvalue weighted by atomic mass is 9.95. The van der Waals surface area contributed by atoms with Crippen molar-refractivity contribution in [3.8, 4) is 0 Å². The Morgan fingerprint density at radius 1 is 1.03 bits per heavy atom. The summed E-state index contributed by atoms with van der Waals surface area (Å²) in [5.41, 5.74) is 1.61. The van der Waals surface area contributed by atoms with Crippen LogP contribution in [0.15, 0.2) is 53.3 Å². The van der Waals surface area contributed by atoms with E-state index in [1.807, 2.05) is 64.9 Å². The molecule has 2 aliphatic rings. The van der Waals surface area contributed by atoms with Crippen LogP contribution in [-0.4, -0.2) is 65.3 Å². The van der Waals surface area contributed by atoms with Crippen LogP contribution in [-0.2, 0) is 16.1 Å². The van der Waals surface area contributed by atoms with Crippen LogP contribution in [0, 0.1) is 0 Å². The van der Waals surface area contributed by atoms with Crippen LogP contribution in [0.1, 0.15) is 6.42 Å². The van der Waals surface area contributed by atoms with Crippen LogP contribution in [0.3, 0.4) is 0 Å². The van der Waals surface area contributed by atoms with Crippen LogP contribution in [0.25, 0.3) is 21.8 Å². The molecule has 1 aromatic heterocycles. The number of carbonyl (C=O) groups excluding carboxylic acids is 1. The van der Waals surface area contributed by atoms with Crippen molar-refractivity contribution in [3.63, 3.8) is 0 Å². The summed E-state index contributed by atoms with van der Waals surface area (Å²) in [6, 6.07) is 15.1. The van der Waals surface area contributed by atoms with Crippen molar-refractivity contribution in [2.45, 2.75) is 18.5 Å². The molecular formula is C24H27N3O3S. The number of rotatable bonds is 5. The van der Waals surface area contributed by atoms with Crippen molar-refractivity contribution in [2.75, 3.05) is 44.4 Å². The number of amides is 1. The Kier molecular flexibility index (Phi) is 5.73. The molecule has 2 fully saturated rings. The first-order valence-electron chi connectivity index (χ1n) is 10.9. The lowest BCUT2D eigenvalue weighted by Gasteiger charge is -2.43. The normalized spacial score (nSPS) is 22.2. The zero-order valence-electron chi connectivity index (χ0n) is 17.5. The molecule has 3 aromatic rings. The minimum Gasteiger partial charge on any atom is -0.379 e. The molecule has 2 aromatic carbocycles. The third-order valence-electron chi connectivity index (χ3n) is 6.56. The summed E-state index contributed by atoms with van der Waals surface area (Å²) >= 11 is 1.96. The van der Waals surface area contributed by atoms with Gasteiger partial charge in [0.25, 0.3) is 0 Å². The number of benzene rings is 2. The number of carbonyl (C=O) groups is 1. The number of aromatic nitrogens is 1. The summed E-state index contributed by atoms with van der Waals surface area (Å²) in [5, 5.41) is 4.51. The van der Waals surface area contributed by atoms with E-state index in [2.05, 4.69) is 10.2 Å². The average molecular weight is 438 g/mol. The first-order valence-corrected chi connectivity index (χ1v) is 12.0. The zero-order chi connectivity index (χ0) is 21.3. The van der Waals surface area contributed by atoms with E-state index in [-0.39, 0.29) is 23.4 Å². The van der Waals surface area contributed by atoms with E-state index >= 15 is 0 Å². The van der Waals surface area contributed by atoms with Crippen LogP contribution in [0.4, 0.5) is 0 Å². The highest BCUT2D eigenvalue weighted by molar-refractivity contribution is 7.99. The molecule has 2 saturated heterocycles. The second-order valence-electron chi connectivity index (χ2n) is 8.35. The smallest absolute Gasteiger partial charge is 0.240 e. The Hall–Kier alpha value is -2.35. The molecule has 2 aliphatic heterocycles. The van der Waals surface area contributed by atoms with Gasteiger partial charge in [-0.15, -0.1) is 0 Å². The van der Waals surface area contributed by atoms with Gasteiger partial charge in [0.2, 0.25) is 5.91 Å². The molecule has 1 atom stereocenters. The molecule has 1 unspecified atom stereocenters. The molecule has 6 nitrogen and oxygen atoms in total. The number of thioether (sulfide) groups is 1. The molecule has 0 aliphatic carbocycles. The average Bonchev–Trinajstić information content (AvgIpc) is 3.31. The molecule has 7 heteroatoms. The largest absolute Gasteiger partial charge is 0.379 e. The molecule has 162 valence electrons. The molecule has 1 amide bonds. The van der Waals surface area contributed by atoms with Crippen LogP contribution in [0.2, 0.25) is 0 Å². The van der Waals surface area contributed by atoms with E-state index in [0.717, 1.165) is 55.3 Å². The number of nitrogens with zero attached hydrogens (tertiary/aromatic N) is 2. The van der Waals surface area contributed by atoms with Gasteiger partial charge in [0.1, 0.15) is 6.54 Å². The van der Waals surface area contributed by atoms with Crippen molar-refractivity contribution in [2.24, 2.45) is 0 Å². The number of para-hydroxylation sites is 2. The number of fused-ring (bicyclic) bond motifs is 2. The molecule has 0 saturated carbocycles. The standard InChI is InChI=1S/C24H27N3O3S/c28-22(25-16-24(9-14-31-17-24)26-10-12-30-13-11-26)15-27-20-7-3-1-5-18(20)23(29)19-6-2-4-8-21(19)27/h1-8H,9-17H2,(H,25,28). The van der Waals surface area contributed by atoms with Gasteiger partial charge in [-0.1, -0.05) is 24.3 Å². The third-order valence-corrected chi connectivity index (χ3v) is 7.79. The predicted molar refractivity (Wildman–Crippen MR) is 126 cm³/mol. The number of morpholine rings is 1. The Labute approximate surface area is 185 Å². The van der Waals surface area contributed by atoms with Crippen molar-refractivity contribution in [3.05, 3.63) is 58.8 Å². The van der Waals surface area contributed by atoms with Crippen molar-refractivity contribution >= 4 is 39.5 Å². The van der Waals surface area contributed by atoms with E-state index in [9.17, 15) is 9.59 Å². The Morgan fingerprint density at radius 2 is 1.68 bits per heavy atom. The number of hydrogen-bond acceptors (Lipinski definition) is 5. The van der Waals surface area contributed by atoms with E-state index < -0.39 is 0 Å². The summed E-state index contributed by atoms with van der Waals surface area (Å²) in [7, 11) is 0. The fourth-order valence-electron chi connectivity index (χ4n) is 4.84. The highest BCUT2D eigenvalue weighted by atomic mass is 32.2. The molecule has 0 bridgehead atoms. The molecule has 0 spiro atoms. The second kappa shape index (κ2) is 8.65. The number of ether oxygens (including phenoxy) is 1. The molecular weight excluding hydrogens is 410 g/mol. The summed E-state index contributed by atoms with van der Waals surface area (Å²) in [5.74, 6) is 2.14. The minimum atomic E-state index is -0.0245. The highest BCUT2D eigenvalue weighted by Crippen LogP contribution is 2.33. The monoisotopic (exact) mass is 437 g/mol. The first-order chi connectivity index (χ1) is 15.2. The molecule has 1 N–H and O–H groups in total. The molecule has 3 heterocycles. The van der Waals surface area contributed by atoms with E-state index in [4.69, 9.17) is 4.74 Å². The van der Waals surface area contributed by atoms with Gasteiger partial charge >= 0.3 is 0 Å². The fourth-order valence-corrected chi connectivity index (χ4v) is 6.32. The topological polar surface area (TPSA) is 63.6 Å². The Bertz CT molecular complexity index is 1100. The van der Waals surface area contributed by atoms with E-state index in [1.54, 1.807) is 0 Å². The van der Waals surface area contributed by atoms with Gasteiger partial charge in [0.05, 0.1) is 24.2 Å². The predicted octanol–water partition coefficient (Wildman–Crippen LogP) is 2.48. The Balaban J connectivity index is 1.41. The lowest BCUT2D eigenvalue weighted by Crippen LogP contribution is -2.59. The maximum absolute atomic E-state index is 13.1. The first kappa shape index (κ1) is 20.5. The number of pyridine rings is 1. The van der Waals surface area contributed by atoms with Gasteiger partial charge in [-0.3, -0.25) is 14.5 Å². The second-order valence-corrected chi connectivity index (χ2v) is 9.46. The van der Waals surface area contributed by atoms with Crippen molar-refractivity contribution in [1.82, 2.24) is 14.8 Å². The van der Waals surface area contributed by atoms with Crippen LogP contribution >= 0.6 is 11.8 Å². The van der Waals surface area contributed by atoms with Gasteiger partial charge in [-0.05, 0) is 36.4 Å². The van der Waals surface area contributed by atoms with Crippen molar-refractivity contribution < 1.29 is 9.53 Å². The Morgan fingerprint density at radius 3 is 2.29 bits per heavy atom. The van der Waals surface area contributed by atoms with Gasteiger partial charge in [0.15, 0.2) is 5.43 Å².